The Bertz CT molecular complexity index is 203. The first-order chi connectivity index (χ1) is 7.17. The molecule has 0 aliphatic heterocycles. The van der Waals surface area contributed by atoms with Gasteiger partial charge in [-0.3, -0.25) is 9.59 Å². The van der Waals surface area contributed by atoms with E-state index in [2.05, 4.69) is 5.32 Å². The van der Waals surface area contributed by atoms with E-state index in [9.17, 15) is 9.59 Å². The van der Waals surface area contributed by atoms with Crippen LogP contribution >= 0.6 is 0 Å². The molecule has 0 aliphatic rings. The van der Waals surface area contributed by atoms with E-state index in [0.717, 1.165) is 4.90 Å². The van der Waals surface area contributed by atoms with Crippen molar-refractivity contribution in [1.82, 2.24) is 10.2 Å². The van der Waals surface area contributed by atoms with Crippen molar-refractivity contribution in [3.8, 4) is 0 Å². The number of aliphatic hydroxyl groups excluding tert-OH is 3. The molecule has 0 bridgehead atoms. The summed E-state index contributed by atoms with van der Waals surface area (Å²) < 4.78 is 0. The molecular weight excluding hydrogens is 204 g/mol. The molecule has 0 rings (SSSR count). The van der Waals surface area contributed by atoms with Crippen LogP contribution in [0.25, 0.3) is 0 Å². The van der Waals surface area contributed by atoms with Crippen LogP contribution in [0.1, 0.15) is 0 Å². The molecule has 7 heteroatoms. The van der Waals surface area contributed by atoms with E-state index in [0.29, 0.717) is 0 Å². The minimum Gasteiger partial charge on any atom is -0.395 e. The van der Waals surface area contributed by atoms with Crippen LogP contribution in [0.2, 0.25) is 0 Å². The average molecular weight is 220 g/mol. The van der Waals surface area contributed by atoms with Gasteiger partial charge in [0.2, 0.25) is 0 Å². The van der Waals surface area contributed by atoms with Crippen molar-refractivity contribution in [2.24, 2.45) is 0 Å². The van der Waals surface area contributed by atoms with Gasteiger partial charge in [-0.25, -0.2) is 0 Å². The van der Waals surface area contributed by atoms with E-state index in [-0.39, 0.29) is 39.5 Å². The second-order valence-corrected chi connectivity index (χ2v) is 2.72. The van der Waals surface area contributed by atoms with Gasteiger partial charge in [0.05, 0.1) is 19.8 Å². The highest BCUT2D eigenvalue weighted by atomic mass is 16.3. The van der Waals surface area contributed by atoms with Gasteiger partial charge in [-0.15, -0.1) is 0 Å². The molecule has 7 nitrogen and oxygen atoms in total. The first kappa shape index (κ1) is 13.8. The number of amides is 2. The molecule has 15 heavy (non-hydrogen) atoms. The summed E-state index contributed by atoms with van der Waals surface area (Å²) in [7, 11) is 0. The summed E-state index contributed by atoms with van der Waals surface area (Å²) in [5.74, 6) is -1.68. The molecule has 0 aromatic carbocycles. The van der Waals surface area contributed by atoms with Gasteiger partial charge in [0, 0.05) is 19.6 Å². The number of hydrogen-bond donors (Lipinski definition) is 4. The molecule has 0 aliphatic carbocycles. The van der Waals surface area contributed by atoms with E-state index >= 15 is 0 Å². The molecule has 0 aromatic rings. The van der Waals surface area contributed by atoms with E-state index in [1.807, 2.05) is 0 Å². The third kappa shape index (κ3) is 5.31. The van der Waals surface area contributed by atoms with Crippen LogP contribution in [0.5, 0.6) is 0 Å². The average Bonchev–Trinajstić information content (AvgIpc) is 2.24. The van der Waals surface area contributed by atoms with Crippen molar-refractivity contribution in [2.45, 2.75) is 0 Å². The summed E-state index contributed by atoms with van der Waals surface area (Å²) in [5.41, 5.74) is 0. The zero-order valence-corrected chi connectivity index (χ0v) is 8.35. The first-order valence-corrected chi connectivity index (χ1v) is 4.57. The van der Waals surface area contributed by atoms with Gasteiger partial charge < -0.3 is 25.5 Å². The second kappa shape index (κ2) is 8.16. The van der Waals surface area contributed by atoms with Gasteiger partial charge in [-0.2, -0.15) is 0 Å². The van der Waals surface area contributed by atoms with Gasteiger partial charge in [-0.05, 0) is 0 Å². The van der Waals surface area contributed by atoms with E-state index < -0.39 is 11.8 Å². The number of nitrogens with one attached hydrogen (secondary N) is 1. The number of rotatable bonds is 6. The summed E-state index contributed by atoms with van der Waals surface area (Å²) >= 11 is 0. The van der Waals surface area contributed by atoms with Gasteiger partial charge in [0.15, 0.2) is 0 Å². The lowest BCUT2D eigenvalue weighted by Crippen LogP contribution is -2.45. The van der Waals surface area contributed by atoms with Gasteiger partial charge in [0.25, 0.3) is 0 Å². The number of carbonyl (C=O) groups is 2. The van der Waals surface area contributed by atoms with Crippen LogP contribution in [0.4, 0.5) is 0 Å². The summed E-state index contributed by atoms with van der Waals surface area (Å²) in [4.78, 5) is 23.5. The monoisotopic (exact) mass is 220 g/mol. The highest BCUT2D eigenvalue weighted by Crippen LogP contribution is 1.89. The molecule has 2 amide bonds. The third-order valence-electron chi connectivity index (χ3n) is 1.62. The SMILES string of the molecule is O=C(NCCO)C(=O)N(CCO)CCO. The Morgan fingerprint density at radius 1 is 1.00 bits per heavy atom. The summed E-state index contributed by atoms with van der Waals surface area (Å²) in [6, 6.07) is 0. The molecule has 0 aromatic heterocycles. The fourth-order valence-corrected chi connectivity index (χ4v) is 0.945. The lowest BCUT2D eigenvalue weighted by atomic mass is 10.4. The maximum atomic E-state index is 11.3. The largest absolute Gasteiger partial charge is 0.395 e. The highest BCUT2D eigenvalue weighted by molar-refractivity contribution is 6.35. The predicted octanol–water partition coefficient (Wildman–Crippen LogP) is -3.09. The molecule has 0 radical (unpaired) electrons. The van der Waals surface area contributed by atoms with Crippen molar-refractivity contribution in [3.05, 3.63) is 0 Å². The van der Waals surface area contributed by atoms with Crippen molar-refractivity contribution in [1.29, 1.82) is 0 Å². The Morgan fingerprint density at radius 3 is 1.93 bits per heavy atom. The van der Waals surface area contributed by atoms with Crippen LogP contribution in [-0.4, -0.2) is 71.5 Å². The van der Waals surface area contributed by atoms with Gasteiger partial charge >= 0.3 is 11.8 Å². The van der Waals surface area contributed by atoms with Crippen molar-refractivity contribution >= 4 is 11.8 Å². The molecule has 0 unspecified atom stereocenters. The van der Waals surface area contributed by atoms with E-state index in [4.69, 9.17) is 15.3 Å². The van der Waals surface area contributed by atoms with E-state index in [1.54, 1.807) is 0 Å². The molecule has 88 valence electrons. The Kier molecular flexibility index (Phi) is 7.51. The summed E-state index contributed by atoms with van der Waals surface area (Å²) in [5, 5.41) is 27.9. The van der Waals surface area contributed by atoms with Crippen molar-refractivity contribution in [3.63, 3.8) is 0 Å². The summed E-state index contributed by atoms with van der Waals surface area (Å²) in [6.07, 6.45) is 0. The van der Waals surface area contributed by atoms with Crippen LogP contribution in [0.15, 0.2) is 0 Å². The molecule has 0 fully saturated rings. The van der Waals surface area contributed by atoms with Crippen LogP contribution in [0.3, 0.4) is 0 Å². The maximum absolute atomic E-state index is 11.3. The van der Waals surface area contributed by atoms with Crippen molar-refractivity contribution in [2.75, 3.05) is 39.5 Å². The highest BCUT2D eigenvalue weighted by Gasteiger charge is 2.20. The number of aliphatic hydroxyl groups is 3. The van der Waals surface area contributed by atoms with Gasteiger partial charge in [0.1, 0.15) is 0 Å². The topological polar surface area (TPSA) is 110 Å². The van der Waals surface area contributed by atoms with E-state index in [1.165, 1.54) is 0 Å². The normalized spacial score (nSPS) is 9.80. The minimum absolute atomic E-state index is 0.00331. The Labute approximate surface area is 87.3 Å². The quantitative estimate of drug-likeness (QED) is 0.355. The fourth-order valence-electron chi connectivity index (χ4n) is 0.945. The number of hydrogen-bond acceptors (Lipinski definition) is 5. The Hall–Kier alpha value is -1.18. The minimum atomic E-state index is -0.856. The number of nitrogens with zero attached hydrogens (tertiary/aromatic N) is 1. The molecular formula is C8H16N2O5. The van der Waals surface area contributed by atoms with Crippen LogP contribution in [-0.2, 0) is 9.59 Å². The van der Waals surface area contributed by atoms with Gasteiger partial charge in [-0.1, -0.05) is 0 Å². The van der Waals surface area contributed by atoms with Crippen molar-refractivity contribution < 1.29 is 24.9 Å². The lowest BCUT2D eigenvalue weighted by Gasteiger charge is -2.19. The molecule has 0 atom stereocenters. The lowest BCUT2D eigenvalue weighted by molar-refractivity contribution is -0.146. The molecule has 0 heterocycles. The zero-order valence-electron chi connectivity index (χ0n) is 8.35. The van der Waals surface area contributed by atoms with Crippen LogP contribution in [0, 0.1) is 0 Å². The Balaban J connectivity index is 4.15. The predicted molar refractivity (Wildman–Crippen MR) is 50.8 cm³/mol. The van der Waals surface area contributed by atoms with Crippen LogP contribution < -0.4 is 5.32 Å². The molecule has 4 N–H and O–H groups in total. The Morgan fingerprint density at radius 2 is 1.53 bits per heavy atom. The zero-order chi connectivity index (χ0) is 11.7. The first-order valence-electron chi connectivity index (χ1n) is 4.57. The maximum Gasteiger partial charge on any atom is 0.312 e. The number of carbonyl (C=O) groups excluding carboxylic acids is 2. The summed E-state index contributed by atoms with van der Waals surface area (Å²) in [6.45, 7) is -0.828. The molecule has 0 saturated carbocycles. The smallest absolute Gasteiger partial charge is 0.312 e. The molecule has 0 spiro atoms. The fraction of sp³-hybridized carbons (Fsp3) is 0.750. The third-order valence-corrected chi connectivity index (χ3v) is 1.62. The standard InChI is InChI=1S/C8H16N2O5/c11-4-1-9-7(14)8(15)10(2-5-12)3-6-13/h11-13H,1-6H2,(H,9,14). The second-order valence-electron chi connectivity index (χ2n) is 2.72. The molecule has 0 saturated heterocycles.